The van der Waals surface area contributed by atoms with Gasteiger partial charge in [0, 0.05) is 43.1 Å². The van der Waals surface area contributed by atoms with Crippen molar-refractivity contribution in [2.75, 3.05) is 30.9 Å². The minimum atomic E-state index is -1.44. The van der Waals surface area contributed by atoms with Crippen LogP contribution in [0.3, 0.4) is 0 Å². The zero-order valence-corrected chi connectivity index (χ0v) is 13.2. The fourth-order valence-corrected chi connectivity index (χ4v) is 2.58. The van der Waals surface area contributed by atoms with Gasteiger partial charge in [0.2, 0.25) is 11.8 Å². The Morgan fingerprint density at radius 2 is 1.95 bits per heavy atom. The Hall–Kier alpha value is -1.83. The molecule has 0 saturated heterocycles. The quantitative estimate of drug-likeness (QED) is 0.823. The Morgan fingerprint density at radius 3 is 2.55 bits per heavy atom. The molecular formula is C14H18F2N2O3S. The van der Waals surface area contributed by atoms with Crippen molar-refractivity contribution >= 4 is 28.3 Å². The van der Waals surface area contributed by atoms with Crippen molar-refractivity contribution in [2.24, 2.45) is 0 Å². The third kappa shape index (κ3) is 6.30. The largest absolute Gasteiger partial charge is 0.349 e. The number of amides is 2. The number of hydrogen-bond donors (Lipinski definition) is 1. The molecule has 0 aromatic heterocycles. The number of halogens is 2. The van der Waals surface area contributed by atoms with Crippen molar-refractivity contribution < 1.29 is 22.6 Å². The van der Waals surface area contributed by atoms with E-state index in [2.05, 4.69) is 5.32 Å². The molecule has 0 fully saturated rings. The van der Waals surface area contributed by atoms with Crippen LogP contribution in [-0.4, -0.2) is 46.5 Å². The molecule has 1 aromatic carbocycles. The number of carbonyl (C=O) groups excluding carboxylic acids is 2. The number of hydrogen-bond acceptors (Lipinski definition) is 3. The zero-order valence-electron chi connectivity index (χ0n) is 12.4. The van der Waals surface area contributed by atoms with Crippen LogP contribution in [0, 0.1) is 11.6 Å². The van der Waals surface area contributed by atoms with Crippen LogP contribution in [-0.2, 0) is 20.4 Å². The highest BCUT2D eigenvalue weighted by Gasteiger charge is 2.12. The van der Waals surface area contributed by atoms with Crippen molar-refractivity contribution in [3.8, 4) is 0 Å². The summed E-state index contributed by atoms with van der Waals surface area (Å²) in [6.45, 7) is 0. The molecular weight excluding hydrogens is 314 g/mol. The summed E-state index contributed by atoms with van der Waals surface area (Å²) in [5.41, 5.74) is -0.161. The lowest BCUT2D eigenvalue weighted by Gasteiger charge is -2.09. The molecule has 0 heterocycles. The molecule has 0 aliphatic rings. The van der Waals surface area contributed by atoms with Crippen LogP contribution in [0.15, 0.2) is 18.2 Å². The minimum Gasteiger partial charge on any atom is -0.349 e. The van der Waals surface area contributed by atoms with E-state index in [1.54, 1.807) is 14.1 Å². The molecule has 1 atom stereocenters. The molecule has 1 N–H and O–H groups in total. The molecule has 122 valence electrons. The average molecular weight is 332 g/mol. The Balaban J connectivity index is 2.38. The molecule has 0 radical (unpaired) electrons. The zero-order chi connectivity index (χ0) is 16.7. The van der Waals surface area contributed by atoms with Gasteiger partial charge in [0.25, 0.3) is 0 Å². The van der Waals surface area contributed by atoms with Gasteiger partial charge in [-0.05, 0) is 18.6 Å². The van der Waals surface area contributed by atoms with E-state index in [4.69, 9.17) is 0 Å². The maximum atomic E-state index is 13.3. The molecule has 0 aliphatic carbocycles. The van der Waals surface area contributed by atoms with E-state index in [1.165, 1.54) is 4.90 Å². The summed E-state index contributed by atoms with van der Waals surface area (Å²) in [4.78, 5) is 24.4. The fraction of sp³-hybridized carbons (Fsp3) is 0.429. The number of carbonyl (C=O) groups is 2. The second kappa shape index (κ2) is 8.57. The average Bonchev–Trinajstić information content (AvgIpc) is 2.41. The van der Waals surface area contributed by atoms with Crippen LogP contribution >= 0.6 is 0 Å². The Bertz CT molecular complexity index is 579. The van der Waals surface area contributed by atoms with E-state index in [9.17, 15) is 22.6 Å². The molecule has 0 spiro atoms. The first-order valence-electron chi connectivity index (χ1n) is 6.59. The van der Waals surface area contributed by atoms with Gasteiger partial charge >= 0.3 is 0 Å². The summed E-state index contributed by atoms with van der Waals surface area (Å²) in [5, 5.41) is 2.24. The van der Waals surface area contributed by atoms with Gasteiger partial charge in [-0.3, -0.25) is 13.8 Å². The van der Waals surface area contributed by atoms with E-state index < -0.39 is 28.3 Å². The highest BCUT2D eigenvalue weighted by molar-refractivity contribution is 7.85. The first-order chi connectivity index (χ1) is 10.3. The van der Waals surface area contributed by atoms with Crippen molar-refractivity contribution in [3.63, 3.8) is 0 Å². The molecule has 0 bridgehead atoms. The number of nitrogens with one attached hydrogen (secondary N) is 1. The van der Waals surface area contributed by atoms with Gasteiger partial charge in [-0.2, -0.15) is 0 Å². The first kappa shape index (κ1) is 18.2. The lowest BCUT2D eigenvalue weighted by atomic mass is 10.3. The van der Waals surface area contributed by atoms with E-state index in [1.807, 2.05) is 0 Å². The SMILES string of the molecule is CN(C)C(=O)CCC[S@@](=O)CC(=O)Nc1ccc(F)cc1F. The van der Waals surface area contributed by atoms with Gasteiger partial charge in [-0.15, -0.1) is 0 Å². The van der Waals surface area contributed by atoms with E-state index >= 15 is 0 Å². The second-order valence-corrected chi connectivity index (χ2v) is 6.43. The summed E-state index contributed by atoms with van der Waals surface area (Å²) >= 11 is 0. The Morgan fingerprint density at radius 1 is 1.27 bits per heavy atom. The first-order valence-corrected chi connectivity index (χ1v) is 8.08. The van der Waals surface area contributed by atoms with Gasteiger partial charge in [-0.1, -0.05) is 0 Å². The highest BCUT2D eigenvalue weighted by atomic mass is 32.2. The highest BCUT2D eigenvalue weighted by Crippen LogP contribution is 2.14. The van der Waals surface area contributed by atoms with E-state index in [0.717, 1.165) is 12.1 Å². The van der Waals surface area contributed by atoms with Crippen LogP contribution in [0.25, 0.3) is 0 Å². The van der Waals surface area contributed by atoms with Crippen molar-refractivity contribution in [3.05, 3.63) is 29.8 Å². The summed E-state index contributed by atoms with van der Waals surface area (Å²) in [5.74, 6) is -2.43. The minimum absolute atomic E-state index is 0.0742. The van der Waals surface area contributed by atoms with Crippen LogP contribution in [0.2, 0.25) is 0 Å². The maximum Gasteiger partial charge on any atom is 0.237 e. The standard InChI is InChI=1S/C14H18F2N2O3S/c1-18(2)14(20)4-3-7-22(21)9-13(19)17-12-6-5-10(15)8-11(12)16/h5-6,8H,3-4,7,9H2,1-2H3,(H,17,19)/t22-/m1/s1. The topological polar surface area (TPSA) is 66.5 Å². The number of benzene rings is 1. The molecule has 0 unspecified atom stereocenters. The van der Waals surface area contributed by atoms with Crippen molar-refractivity contribution in [1.29, 1.82) is 0 Å². The molecule has 1 rings (SSSR count). The summed E-state index contributed by atoms with van der Waals surface area (Å²) < 4.78 is 37.8. The molecule has 5 nitrogen and oxygen atoms in total. The molecule has 0 saturated carbocycles. The predicted molar refractivity (Wildman–Crippen MR) is 80.8 cm³/mol. The van der Waals surface area contributed by atoms with Crippen LogP contribution < -0.4 is 5.32 Å². The van der Waals surface area contributed by atoms with Crippen LogP contribution in [0.1, 0.15) is 12.8 Å². The van der Waals surface area contributed by atoms with Gasteiger partial charge in [0.1, 0.15) is 17.4 Å². The van der Waals surface area contributed by atoms with E-state index in [-0.39, 0.29) is 29.5 Å². The molecule has 0 aliphatic heterocycles. The molecule has 22 heavy (non-hydrogen) atoms. The van der Waals surface area contributed by atoms with E-state index in [0.29, 0.717) is 12.5 Å². The Kier molecular flexibility index (Phi) is 7.10. The van der Waals surface area contributed by atoms with Gasteiger partial charge in [-0.25, -0.2) is 8.78 Å². The predicted octanol–water partition coefficient (Wildman–Crippen LogP) is 1.52. The normalized spacial score (nSPS) is 11.8. The number of anilines is 1. The monoisotopic (exact) mass is 332 g/mol. The van der Waals surface area contributed by atoms with Gasteiger partial charge in [0.15, 0.2) is 0 Å². The molecule has 1 aromatic rings. The lowest BCUT2D eigenvalue weighted by molar-refractivity contribution is -0.128. The van der Waals surface area contributed by atoms with Gasteiger partial charge in [0.05, 0.1) is 5.69 Å². The third-order valence-electron chi connectivity index (χ3n) is 2.76. The number of rotatable bonds is 7. The van der Waals surface area contributed by atoms with Crippen molar-refractivity contribution in [2.45, 2.75) is 12.8 Å². The lowest BCUT2D eigenvalue weighted by Crippen LogP contribution is -2.23. The summed E-state index contributed by atoms with van der Waals surface area (Å²) in [7, 11) is 1.81. The Labute approximate surface area is 130 Å². The molecule has 2 amide bonds. The van der Waals surface area contributed by atoms with Crippen molar-refractivity contribution in [1.82, 2.24) is 4.90 Å². The summed E-state index contributed by atoms with van der Waals surface area (Å²) in [6, 6.07) is 2.77. The fourth-order valence-electron chi connectivity index (χ4n) is 1.60. The maximum absolute atomic E-state index is 13.3. The molecule has 8 heteroatoms. The van der Waals surface area contributed by atoms with Gasteiger partial charge < -0.3 is 10.2 Å². The second-order valence-electron chi connectivity index (χ2n) is 4.85. The smallest absolute Gasteiger partial charge is 0.237 e. The third-order valence-corrected chi connectivity index (χ3v) is 4.09. The van der Waals surface area contributed by atoms with Crippen LogP contribution in [0.5, 0.6) is 0 Å². The number of nitrogens with zero attached hydrogens (tertiary/aromatic N) is 1. The summed E-state index contributed by atoms with van der Waals surface area (Å²) in [6.07, 6.45) is 0.661. The van der Waals surface area contributed by atoms with Crippen LogP contribution in [0.4, 0.5) is 14.5 Å².